The van der Waals surface area contributed by atoms with Gasteiger partial charge in [0.25, 0.3) is 5.69 Å². The molecule has 2 aromatic carbocycles. The van der Waals surface area contributed by atoms with Crippen LogP contribution in [0.1, 0.15) is 32.1 Å². The van der Waals surface area contributed by atoms with Gasteiger partial charge in [0.2, 0.25) is 11.8 Å². The number of carbonyl (C=O) groups is 2. The van der Waals surface area contributed by atoms with Crippen molar-refractivity contribution in [2.75, 3.05) is 19.5 Å². The second kappa shape index (κ2) is 10.8. The van der Waals surface area contributed by atoms with Gasteiger partial charge in [-0.25, -0.2) is 4.99 Å². The highest BCUT2D eigenvalue weighted by Crippen LogP contribution is 2.38. The van der Waals surface area contributed by atoms with Crippen LogP contribution in [0.2, 0.25) is 0 Å². The molecule has 0 radical (unpaired) electrons. The van der Waals surface area contributed by atoms with E-state index < -0.39 is 16.1 Å². The van der Waals surface area contributed by atoms with Crippen LogP contribution in [-0.2, 0) is 9.59 Å². The molecule has 0 bridgehead atoms. The van der Waals surface area contributed by atoms with E-state index in [4.69, 9.17) is 14.5 Å². The monoisotopic (exact) mass is 498 g/mol. The van der Waals surface area contributed by atoms with Gasteiger partial charge >= 0.3 is 0 Å². The van der Waals surface area contributed by atoms with Crippen LogP contribution in [0.25, 0.3) is 0 Å². The third-order valence-electron chi connectivity index (χ3n) is 5.99. The first kappa shape index (κ1) is 24.5. The lowest BCUT2D eigenvalue weighted by molar-refractivity contribution is -0.384. The van der Waals surface area contributed by atoms with Crippen LogP contribution in [0.4, 0.5) is 17.1 Å². The number of nitro benzene ring substituents is 1. The number of thioether (sulfide) groups is 1. The molecule has 35 heavy (non-hydrogen) atoms. The van der Waals surface area contributed by atoms with Crippen molar-refractivity contribution in [1.82, 2.24) is 4.90 Å². The lowest BCUT2D eigenvalue weighted by Gasteiger charge is -2.23. The van der Waals surface area contributed by atoms with Gasteiger partial charge in [-0.1, -0.05) is 24.6 Å². The number of nitro groups is 1. The van der Waals surface area contributed by atoms with Crippen molar-refractivity contribution in [3.63, 3.8) is 0 Å². The molecular formula is C24H26N4O6S. The van der Waals surface area contributed by atoms with Gasteiger partial charge in [-0.05, 0) is 43.2 Å². The number of hydrogen-bond acceptors (Lipinski definition) is 8. The number of methoxy groups -OCH3 is 2. The summed E-state index contributed by atoms with van der Waals surface area (Å²) in [6, 6.07) is 11.3. The van der Waals surface area contributed by atoms with Gasteiger partial charge in [-0.2, -0.15) is 0 Å². The number of carbonyl (C=O) groups excluding carboxylic acids is 2. The van der Waals surface area contributed by atoms with E-state index in [9.17, 15) is 19.7 Å². The molecule has 1 aliphatic carbocycles. The lowest BCUT2D eigenvalue weighted by atomic mass is 10.2. The smallest absolute Gasteiger partial charge is 0.271 e. The van der Waals surface area contributed by atoms with E-state index in [2.05, 4.69) is 5.32 Å². The maximum Gasteiger partial charge on any atom is 0.271 e. The standard InChI is InChI=1S/C24H26N4O6S/c1-33-18-10-7-15(8-11-18)25-24-27(16-5-3-4-6-16)23(30)21(35-24)14-22(29)26-19-13-17(28(31)32)9-12-20(19)34-2/h7-13,16,21H,3-6,14H2,1-2H3,(H,26,29). The lowest BCUT2D eigenvalue weighted by Crippen LogP contribution is -2.40. The molecule has 2 amide bonds. The quantitative estimate of drug-likeness (QED) is 0.419. The fourth-order valence-corrected chi connectivity index (χ4v) is 5.45. The summed E-state index contributed by atoms with van der Waals surface area (Å²) >= 11 is 1.27. The number of rotatable bonds is 8. The highest BCUT2D eigenvalue weighted by molar-refractivity contribution is 8.15. The fraction of sp³-hybridized carbons (Fsp3) is 0.375. The summed E-state index contributed by atoms with van der Waals surface area (Å²) in [7, 11) is 3.00. The van der Waals surface area contributed by atoms with Gasteiger partial charge in [-0.3, -0.25) is 24.6 Å². The summed E-state index contributed by atoms with van der Waals surface area (Å²) < 4.78 is 10.4. The minimum atomic E-state index is -0.641. The Hall–Kier alpha value is -3.60. The van der Waals surface area contributed by atoms with Crippen LogP contribution in [0.3, 0.4) is 0 Å². The van der Waals surface area contributed by atoms with Crippen LogP contribution in [-0.4, -0.2) is 52.3 Å². The van der Waals surface area contributed by atoms with E-state index >= 15 is 0 Å². The first-order valence-corrected chi connectivity index (χ1v) is 12.1. The molecule has 2 fully saturated rings. The maximum absolute atomic E-state index is 13.4. The van der Waals surface area contributed by atoms with E-state index in [0.29, 0.717) is 22.4 Å². The number of non-ortho nitro benzene ring substituents is 1. The molecule has 1 saturated carbocycles. The van der Waals surface area contributed by atoms with Gasteiger partial charge < -0.3 is 14.8 Å². The van der Waals surface area contributed by atoms with E-state index in [1.54, 1.807) is 24.1 Å². The van der Waals surface area contributed by atoms with Gasteiger partial charge in [0.05, 0.1) is 30.5 Å². The summed E-state index contributed by atoms with van der Waals surface area (Å²) in [4.78, 5) is 43.2. The summed E-state index contributed by atoms with van der Waals surface area (Å²) in [5.74, 6) is 0.425. The van der Waals surface area contributed by atoms with E-state index in [1.807, 2.05) is 12.1 Å². The third kappa shape index (κ3) is 5.56. The average molecular weight is 499 g/mol. The van der Waals surface area contributed by atoms with Crippen LogP contribution in [0, 0.1) is 10.1 Å². The number of anilines is 1. The molecule has 0 aromatic heterocycles. The molecule has 11 heteroatoms. The molecular weight excluding hydrogens is 472 g/mol. The highest BCUT2D eigenvalue weighted by atomic mass is 32.2. The van der Waals surface area contributed by atoms with Gasteiger partial charge in [0.1, 0.15) is 16.7 Å². The molecule has 10 nitrogen and oxygen atoms in total. The fourth-order valence-electron chi connectivity index (χ4n) is 4.24. The number of benzene rings is 2. The Kier molecular flexibility index (Phi) is 7.54. The molecule has 1 aliphatic heterocycles. The number of hydrogen-bond donors (Lipinski definition) is 1. The van der Waals surface area contributed by atoms with Gasteiger partial charge in [0, 0.05) is 24.6 Å². The number of aliphatic imine (C=N–C) groups is 1. The first-order valence-electron chi connectivity index (χ1n) is 11.2. The second-order valence-electron chi connectivity index (χ2n) is 8.24. The van der Waals surface area contributed by atoms with Crippen molar-refractivity contribution in [2.45, 2.75) is 43.4 Å². The molecule has 1 saturated heterocycles. The van der Waals surface area contributed by atoms with Crippen molar-refractivity contribution < 1.29 is 24.0 Å². The van der Waals surface area contributed by atoms with Gasteiger partial charge in [0.15, 0.2) is 5.17 Å². The minimum Gasteiger partial charge on any atom is -0.497 e. The summed E-state index contributed by atoms with van der Waals surface area (Å²) in [5.41, 5.74) is 0.700. The molecule has 1 atom stereocenters. The van der Waals surface area contributed by atoms with Crippen LogP contribution < -0.4 is 14.8 Å². The number of amidine groups is 1. The summed E-state index contributed by atoms with van der Waals surface area (Å²) in [6.07, 6.45) is 3.80. The predicted octanol–water partition coefficient (Wildman–Crippen LogP) is 4.51. The normalized spacial score (nSPS) is 19.3. The molecule has 184 valence electrons. The predicted molar refractivity (Wildman–Crippen MR) is 133 cm³/mol. The molecule has 1 N–H and O–H groups in total. The molecule has 2 aliphatic rings. The zero-order valence-corrected chi connectivity index (χ0v) is 20.2. The molecule has 4 rings (SSSR count). The second-order valence-corrected chi connectivity index (χ2v) is 9.41. The zero-order chi connectivity index (χ0) is 24.9. The van der Waals surface area contributed by atoms with Crippen LogP contribution in [0.5, 0.6) is 11.5 Å². The van der Waals surface area contributed by atoms with Crippen molar-refractivity contribution in [2.24, 2.45) is 4.99 Å². The number of nitrogens with one attached hydrogen (secondary N) is 1. The van der Waals surface area contributed by atoms with E-state index in [0.717, 1.165) is 25.7 Å². The van der Waals surface area contributed by atoms with Crippen molar-refractivity contribution >= 4 is 45.8 Å². The molecule has 1 unspecified atom stereocenters. The van der Waals surface area contributed by atoms with Crippen LogP contribution in [0.15, 0.2) is 47.5 Å². The molecule has 1 heterocycles. The average Bonchev–Trinajstić information content (AvgIpc) is 3.47. The van der Waals surface area contributed by atoms with Crippen molar-refractivity contribution in [1.29, 1.82) is 0 Å². The first-order chi connectivity index (χ1) is 16.9. The Labute approximate surface area is 206 Å². The Bertz CT molecular complexity index is 1150. The van der Waals surface area contributed by atoms with Crippen molar-refractivity contribution in [3.05, 3.63) is 52.6 Å². The Balaban J connectivity index is 1.53. The van der Waals surface area contributed by atoms with E-state index in [1.165, 1.54) is 37.1 Å². The number of amides is 2. The minimum absolute atomic E-state index is 0.0666. The maximum atomic E-state index is 13.4. The zero-order valence-electron chi connectivity index (χ0n) is 19.4. The Morgan fingerprint density at radius 1 is 1.17 bits per heavy atom. The van der Waals surface area contributed by atoms with Gasteiger partial charge in [-0.15, -0.1) is 0 Å². The topological polar surface area (TPSA) is 123 Å². The highest BCUT2D eigenvalue weighted by Gasteiger charge is 2.43. The Morgan fingerprint density at radius 2 is 1.89 bits per heavy atom. The summed E-state index contributed by atoms with van der Waals surface area (Å²) in [5, 5.41) is 13.7. The van der Waals surface area contributed by atoms with Crippen molar-refractivity contribution in [3.8, 4) is 11.5 Å². The Morgan fingerprint density at radius 3 is 2.51 bits per heavy atom. The summed E-state index contributed by atoms with van der Waals surface area (Å²) in [6.45, 7) is 0. The SMILES string of the molecule is COc1ccc(N=C2SC(CC(=O)Nc3cc([N+](=O)[O-])ccc3OC)C(=O)N2C2CCCC2)cc1. The number of nitrogens with zero attached hydrogens (tertiary/aromatic N) is 3. The molecule has 0 spiro atoms. The third-order valence-corrected chi connectivity index (χ3v) is 7.14. The number of ether oxygens (including phenoxy) is 2. The molecule has 2 aromatic rings. The largest absolute Gasteiger partial charge is 0.497 e. The van der Waals surface area contributed by atoms with Crippen LogP contribution >= 0.6 is 11.8 Å². The van der Waals surface area contributed by atoms with E-state index in [-0.39, 0.29) is 29.7 Å².